The number of ether oxygens (including phenoxy) is 2. The summed E-state index contributed by atoms with van der Waals surface area (Å²) in [6.45, 7) is 4.27. The Morgan fingerprint density at radius 1 is 1.23 bits per heavy atom. The lowest BCUT2D eigenvalue weighted by molar-refractivity contribution is -0.170. The maximum atomic E-state index is 11.5. The second-order valence-corrected chi connectivity index (χ2v) is 8.05. The quantitative estimate of drug-likeness (QED) is 0.814. The van der Waals surface area contributed by atoms with Gasteiger partial charge < -0.3 is 9.47 Å². The summed E-state index contributed by atoms with van der Waals surface area (Å²) >= 11 is 0. The highest BCUT2D eigenvalue weighted by molar-refractivity contribution is 7.90. The van der Waals surface area contributed by atoms with Gasteiger partial charge in [0, 0.05) is 12.0 Å². The van der Waals surface area contributed by atoms with Gasteiger partial charge in [-0.3, -0.25) is 0 Å². The first kappa shape index (κ1) is 17.1. The predicted molar refractivity (Wildman–Crippen MR) is 85.6 cm³/mol. The first-order valence-electron chi connectivity index (χ1n) is 7.30. The molecule has 5 nitrogen and oxygen atoms in total. The number of allylic oxidation sites excluding steroid dienone is 1. The average molecular weight is 325 g/mol. The third-order valence-electron chi connectivity index (χ3n) is 3.86. The van der Waals surface area contributed by atoms with Gasteiger partial charge in [0.05, 0.1) is 18.0 Å². The van der Waals surface area contributed by atoms with Crippen LogP contribution in [0.5, 0.6) is 0 Å². The molecule has 2 rings (SSSR count). The van der Waals surface area contributed by atoms with Crippen LogP contribution in [-0.2, 0) is 25.3 Å². The highest BCUT2D eigenvalue weighted by Crippen LogP contribution is 2.36. The molecular weight excluding hydrogens is 302 g/mol. The molecule has 1 fully saturated rings. The van der Waals surface area contributed by atoms with Crippen molar-refractivity contribution in [3.63, 3.8) is 0 Å². The van der Waals surface area contributed by atoms with Gasteiger partial charge in [-0.15, -0.1) is 0 Å². The maximum Gasteiger partial charge on any atom is 0.217 e. The fourth-order valence-corrected chi connectivity index (χ4v) is 2.62. The van der Waals surface area contributed by atoms with Crippen molar-refractivity contribution in [1.29, 1.82) is 0 Å². The first-order valence-corrected chi connectivity index (χ1v) is 8.85. The molecule has 0 saturated carbocycles. The topological polar surface area (TPSA) is 78.6 Å². The second kappa shape index (κ2) is 6.50. The molecular formula is C16H23NO4S. The highest BCUT2D eigenvalue weighted by atomic mass is 32.2. The molecule has 0 spiro atoms. The minimum atomic E-state index is -3.62. The Morgan fingerprint density at radius 2 is 1.82 bits per heavy atom. The molecule has 1 aliphatic rings. The largest absolute Gasteiger partial charge is 0.343 e. The van der Waals surface area contributed by atoms with Crippen LogP contribution >= 0.6 is 0 Å². The third kappa shape index (κ3) is 3.76. The Labute approximate surface area is 132 Å². The lowest BCUT2D eigenvalue weighted by Crippen LogP contribution is -2.35. The molecule has 2 N–H and O–H groups in total. The van der Waals surface area contributed by atoms with Gasteiger partial charge in [-0.2, -0.15) is 0 Å². The molecule has 0 radical (unpaired) electrons. The van der Waals surface area contributed by atoms with E-state index in [0.29, 0.717) is 26.1 Å². The Balaban J connectivity index is 2.06. The van der Waals surface area contributed by atoms with E-state index in [0.717, 1.165) is 5.56 Å². The molecule has 0 aliphatic carbocycles. The molecule has 1 heterocycles. The summed E-state index contributed by atoms with van der Waals surface area (Å²) < 4.78 is 33.5. The molecule has 6 heteroatoms. The van der Waals surface area contributed by atoms with E-state index in [1.54, 1.807) is 19.9 Å². The molecule has 1 saturated heterocycles. The zero-order valence-electron chi connectivity index (χ0n) is 13.0. The molecule has 1 aromatic rings. The molecule has 0 atom stereocenters. The van der Waals surface area contributed by atoms with E-state index < -0.39 is 20.6 Å². The summed E-state index contributed by atoms with van der Waals surface area (Å²) in [4.78, 5) is 0. The van der Waals surface area contributed by atoms with Crippen LogP contribution in [0.3, 0.4) is 0 Å². The van der Waals surface area contributed by atoms with Crippen molar-refractivity contribution in [2.75, 3.05) is 13.2 Å². The summed E-state index contributed by atoms with van der Waals surface area (Å²) in [5, 5.41) is 5.21. The zero-order valence-corrected chi connectivity index (χ0v) is 13.8. The number of primary sulfonamides is 1. The van der Waals surface area contributed by atoms with Crippen LogP contribution in [0.15, 0.2) is 42.5 Å². The van der Waals surface area contributed by atoms with Crippen LogP contribution in [0.4, 0.5) is 0 Å². The minimum absolute atomic E-state index is 0.557. The van der Waals surface area contributed by atoms with Crippen molar-refractivity contribution in [1.82, 2.24) is 0 Å². The van der Waals surface area contributed by atoms with Gasteiger partial charge in [-0.25, -0.2) is 13.6 Å². The number of nitrogens with two attached hydrogens (primary N) is 1. The van der Waals surface area contributed by atoms with Crippen molar-refractivity contribution >= 4 is 10.0 Å². The molecule has 0 amide bonds. The van der Waals surface area contributed by atoms with Gasteiger partial charge >= 0.3 is 0 Å². The smallest absolute Gasteiger partial charge is 0.217 e. The Hall–Kier alpha value is -1.21. The predicted octanol–water partition coefficient (Wildman–Crippen LogP) is 2.29. The molecule has 0 aromatic heterocycles. The normalized spacial score (nSPS) is 18.9. The minimum Gasteiger partial charge on any atom is -0.343 e. The van der Waals surface area contributed by atoms with Crippen molar-refractivity contribution < 1.29 is 17.9 Å². The van der Waals surface area contributed by atoms with Crippen molar-refractivity contribution in [3.8, 4) is 0 Å². The van der Waals surface area contributed by atoms with Crippen LogP contribution in [0.2, 0.25) is 0 Å². The van der Waals surface area contributed by atoms with Gasteiger partial charge in [-0.1, -0.05) is 42.5 Å². The number of sulfonamides is 1. The summed E-state index contributed by atoms with van der Waals surface area (Å²) in [7, 11) is -3.62. The van der Waals surface area contributed by atoms with E-state index in [9.17, 15) is 8.42 Å². The Morgan fingerprint density at radius 3 is 2.36 bits per heavy atom. The fraction of sp³-hybridized carbons (Fsp3) is 0.500. The molecule has 0 bridgehead atoms. The number of benzene rings is 1. The third-order valence-corrected chi connectivity index (χ3v) is 5.46. The van der Waals surface area contributed by atoms with Crippen LogP contribution < -0.4 is 5.14 Å². The SMILES string of the molecule is CC(C)(C=CCCC1(c2ccccc2)OCCO1)S(N)(=O)=O. The summed E-state index contributed by atoms with van der Waals surface area (Å²) in [6.07, 6.45) is 4.69. The lowest BCUT2D eigenvalue weighted by atomic mass is 10.00. The van der Waals surface area contributed by atoms with Crippen LogP contribution in [0, 0.1) is 0 Å². The van der Waals surface area contributed by atoms with Crippen molar-refractivity contribution in [2.45, 2.75) is 37.2 Å². The van der Waals surface area contributed by atoms with Gasteiger partial charge in [0.2, 0.25) is 10.0 Å². The van der Waals surface area contributed by atoms with Crippen LogP contribution in [0.25, 0.3) is 0 Å². The number of hydrogen-bond donors (Lipinski definition) is 1. The Bertz CT molecular complexity index is 617. The van der Waals surface area contributed by atoms with E-state index in [4.69, 9.17) is 14.6 Å². The number of rotatable bonds is 6. The summed E-state index contributed by atoms with van der Waals surface area (Å²) in [5.41, 5.74) is 0.978. The van der Waals surface area contributed by atoms with Gasteiger partial charge in [-0.05, 0) is 20.3 Å². The van der Waals surface area contributed by atoms with Crippen molar-refractivity contribution in [2.24, 2.45) is 5.14 Å². The van der Waals surface area contributed by atoms with E-state index in [2.05, 4.69) is 0 Å². The van der Waals surface area contributed by atoms with Gasteiger partial charge in [0.1, 0.15) is 0 Å². The van der Waals surface area contributed by atoms with Crippen LogP contribution in [0.1, 0.15) is 32.3 Å². The Kier molecular flexibility index (Phi) is 5.07. The summed E-state index contributed by atoms with van der Waals surface area (Å²) in [6, 6.07) is 9.79. The average Bonchev–Trinajstić information content (AvgIpc) is 2.93. The second-order valence-electron chi connectivity index (χ2n) is 5.91. The zero-order chi connectivity index (χ0) is 16.3. The van der Waals surface area contributed by atoms with Gasteiger partial charge in [0.25, 0.3) is 0 Å². The maximum absolute atomic E-state index is 11.5. The number of hydrogen-bond acceptors (Lipinski definition) is 4. The monoisotopic (exact) mass is 325 g/mol. The molecule has 1 aliphatic heterocycles. The lowest BCUT2D eigenvalue weighted by Gasteiger charge is -2.27. The fourth-order valence-electron chi connectivity index (χ4n) is 2.34. The highest BCUT2D eigenvalue weighted by Gasteiger charge is 2.37. The van der Waals surface area contributed by atoms with Crippen molar-refractivity contribution in [3.05, 3.63) is 48.0 Å². The van der Waals surface area contributed by atoms with Gasteiger partial charge in [0.15, 0.2) is 5.79 Å². The van der Waals surface area contributed by atoms with E-state index in [-0.39, 0.29) is 0 Å². The van der Waals surface area contributed by atoms with E-state index in [1.807, 2.05) is 36.4 Å². The molecule has 1 aromatic carbocycles. The molecule has 122 valence electrons. The standard InChI is InChI=1S/C16H23NO4S/c1-15(2,22(17,18)19)10-6-7-11-16(20-12-13-21-16)14-8-4-3-5-9-14/h3-6,8-10H,7,11-13H2,1-2H3,(H2,17,18,19). The molecule has 22 heavy (non-hydrogen) atoms. The first-order chi connectivity index (χ1) is 10.3. The van der Waals surface area contributed by atoms with E-state index >= 15 is 0 Å². The van der Waals surface area contributed by atoms with Crippen LogP contribution in [-0.4, -0.2) is 26.4 Å². The summed E-state index contributed by atoms with van der Waals surface area (Å²) in [5.74, 6) is -0.739. The van der Waals surface area contributed by atoms with E-state index in [1.165, 1.54) is 0 Å². The molecule has 0 unspecified atom stereocenters.